The van der Waals surface area contributed by atoms with Gasteiger partial charge in [0.1, 0.15) is 5.57 Å². The zero-order valence-electron chi connectivity index (χ0n) is 19.5. The fourth-order valence-corrected chi connectivity index (χ4v) is 4.12. The summed E-state index contributed by atoms with van der Waals surface area (Å²) >= 11 is 0. The van der Waals surface area contributed by atoms with Crippen LogP contribution in [0.1, 0.15) is 40.6 Å². The van der Waals surface area contributed by atoms with Crippen LogP contribution in [-0.4, -0.2) is 22.4 Å². The van der Waals surface area contributed by atoms with Gasteiger partial charge in [0.2, 0.25) is 0 Å². The molecule has 2 heterocycles. The number of imide groups is 2. The van der Waals surface area contributed by atoms with Crippen molar-refractivity contribution in [2.75, 3.05) is 4.90 Å². The topological polar surface area (TPSA) is 71.4 Å². The molecule has 4 amide bonds. The summed E-state index contributed by atoms with van der Waals surface area (Å²) in [6.07, 6.45) is 2.41. The number of urea groups is 1. The van der Waals surface area contributed by atoms with Crippen LogP contribution in [0, 0.1) is 27.7 Å². The zero-order chi connectivity index (χ0) is 23.9. The Hall–Kier alpha value is -3.93. The molecule has 6 heteroatoms. The number of aryl methyl sites for hydroxylation is 4. The normalized spacial score (nSPS) is 15.4. The van der Waals surface area contributed by atoms with Crippen LogP contribution in [0.5, 0.6) is 0 Å². The zero-order valence-corrected chi connectivity index (χ0v) is 19.5. The Labute approximate surface area is 193 Å². The van der Waals surface area contributed by atoms with E-state index in [0.717, 1.165) is 39.5 Å². The second-order valence-corrected chi connectivity index (χ2v) is 8.41. The molecule has 168 valence electrons. The summed E-state index contributed by atoms with van der Waals surface area (Å²) < 4.78 is 2.09. The summed E-state index contributed by atoms with van der Waals surface area (Å²) in [5.41, 5.74) is 7.49. The minimum Gasteiger partial charge on any atom is -0.318 e. The number of carbonyl (C=O) groups is 3. The van der Waals surface area contributed by atoms with E-state index in [-0.39, 0.29) is 5.57 Å². The van der Waals surface area contributed by atoms with Crippen molar-refractivity contribution in [3.63, 3.8) is 0 Å². The molecule has 1 aliphatic heterocycles. The summed E-state index contributed by atoms with van der Waals surface area (Å²) in [6.45, 7) is 10.1. The Kier molecular flexibility index (Phi) is 5.77. The van der Waals surface area contributed by atoms with E-state index in [1.54, 1.807) is 18.2 Å². The van der Waals surface area contributed by atoms with Gasteiger partial charge in [-0.2, -0.15) is 0 Å². The molecular formula is C27H27N3O3. The van der Waals surface area contributed by atoms with E-state index in [4.69, 9.17) is 0 Å². The highest BCUT2D eigenvalue weighted by Gasteiger charge is 2.37. The molecule has 0 bridgehead atoms. The first-order chi connectivity index (χ1) is 15.7. The first-order valence-electron chi connectivity index (χ1n) is 11.0. The second kappa shape index (κ2) is 8.54. The molecule has 1 aliphatic rings. The number of rotatable bonds is 4. The van der Waals surface area contributed by atoms with Crippen LogP contribution >= 0.6 is 0 Å². The highest BCUT2D eigenvalue weighted by Crippen LogP contribution is 2.27. The molecule has 0 spiro atoms. The van der Waals surface area contributed by atoms with Gasteiger partial charge in [-0.25, -0.2) is 9.69 Å². The Bertz CT molecular complexity index is 1310. The second-order valence-electron chi connectivity index (χ2n) is 8.41. The number of barbiturate groups is 1. The summed E-state index contributed by atoms with van der Waals surface area (Å²) in [5.74, 6) is -1.33. The Morgan fingerprint density at radius 2 is 1.52 bits per heavy atom. The van der Waals surface area contributed by atoms with Gasteiger partial charge in [0.05, 0.1) is 5.69 Å². The SMILES string of the molecule is CCc1ccc(N2C(=O)NC(=O)/C(=C/c3cc(C)n(-c4ccc(C)c(C)c4)c3C)C2=O)cc1. The molecule has 0 aliphatic carbocycles. The maximum atomic E-state index is 13.2. The van der Waals surface area contributed by atoms with Crippen LogP contribution in [0.2, 0.25) is 0 Å². The fourth-order valence-electron chi connectivity index (χ4n) is 4.12. The van der Waals surface area contributed by atoms with Gasteiger partial charge in [0, 0.05) is 17.1 Å². The number of carbonyl (C=O) groups excluding carboxylic acids is 3. The van der Waals surface area contributed by atoms with E-state index in [1.165, 1.54) is 11.1 Å². The first kappa shape index (κ1) is 22.3. The minimum atomic E-state index is -0.744. The van der Waals surface area contributed by atoms with Crippen LogP contribution in [0.3, 0.4) is 0 Å². The predicted molar refractivity (Wildman–Crippen MR) is 130 cm³/mol. The fraction of sp³-hybridized carbons (Fsp3) is 0.222. The van der Waals surface area contributed by atoms with E-state index < -0.39 is 17.8 Å². The van der Waals surface area contributed by atoms with E-state index in [0.29, 0.717) is 5.69 Å². The van der Waals surface area contributed by atoms with E-state index in [9.17, 15) is 14.4 Å². The third-order valence-corrected chi connectivity index (χ3v) is 6.22. The highest BCUT2D eigenvalue weighted by atomic mass is 16.2. The van der Waals surface area contributed by atoms with E-state index >= 15 is 0 Å². The molecule has 1 fully saturated rings. The molecule has 4 rings (SSSR count). The van der Waals surface area contributed by atoms with Gasteiger partial charge in [-0.05, 0) is 92.8 Å². The Morgan fingerprint density at radius 3 is 2.15 bits per heavy atom. The van der Waals surface area contributed by atoms with Crippen molar-refractivity contribution >= 4 is 29.6 Å². The summed E-state index contributed by atoms with van der Waals surface area (Å²) in [7, 11) is 0. The van der Waals surface area contributed by atoms with Crippen molar-refractivity contribution in [3.8, 4) is 5.69 Å². The van der Waals surface area contributed by atoms with Crippen molar-refractivity contribution in [2.45, 2.75) is 41.0 Å². The molecule has 6 nitrogen and oxygen atoms in total. The monoisotopic (exact) mass is 441 g/mol. The lowest BCUT2D eigenvalue weighted by Gasteiger charge is -2.26. The summed E-state index contributed by atoms with van der Waals surface area (Å²) in [5, 5.41) is 2.30. The number of hydrogen-bond acceptors (Lipinski definition) is 3. The van der Waals surface area contributed by atoms with Crippen LogP contribution in [0.4, 0.5) is 10.5 Å². The molecule has 3 aromatic rings. The maximum Gasteiger partial charge on any atom is 0.335 e. The average molecular weight is 442 g/mol. The first-order valence-corrected chi connectivity index (χ1v) is 11.0. The largest absolute Gasteiger partial charge is 0.335 e. The van der Waals surface area contributed by atoms with Gasteiger partial charge in [-0.1, -0.05) is 25.1 Å². The minimum absolute atomic E-state index is 0.0745. The Morgan fingerprint density at radius 1 is 0.848 bits per heavy atom. The highest BCUT2D eigenvalue weighted by molar-refractivity contribution is 6.39. The average Bonchev–Trinajstić information content (AvgIpc) is 3.06. The molecule has 0 unspecified atom stereocenters. The smallest absolute Gasteiger partial charge is 0.318 e. The van der Waals surface area contributed by atoms with Crippen molar-refractivity contribution < 1.29 is 14.4 Å². The quantitative estimate of drug-likeness (QED) is 0.460. The van der Waals surface area contributed by atoms with Crippen LogP contribution < -0.4 is 10.2 Å². The molecule has 33 heavy (non-hydrogen) atoms. The van der Waals surface area contributed by atoms with E-state index in [1.807, 2.05) is 39.0 Å². The lowest BCUT2D eigenvalue weighted by atomic mass is 10.1. The number of benzene rings is 2. The predicted octanol–water partition coefficient (Wildman–Crippen LogP) is 4.94. The maximum absolute atomic E-state index is 13.2. The molecule has 0 radical (unpaired) electrons. The van der Waals surface area contributed by atoms with Gasteiger partial charge in [0.25, 0.3) is 11.8 Å². The van der Waals surface area contributed by atoms with Crippen LogP contribution in [0.25, 0.3) is 11.8 Å². The van der Waals surface area contributed by atoms with Crippen molar-refractivity contribution in [3.05, 3.63) is 87.7 Å². The standard InChI is InChI=1S/C27H27N3O3/c1-6-20-8-11-22(12-9-20)30-26(32)24(25(31)28-27(30)33)15-21-14-18(4)29(19(21)5)23-10-7-16(2)17(3)13-23/h7-15H,6H2,1-5H3,(H,28,31,33)/b24-15-. The van der Waals surface area contributed by atoms with Crippen molar-refractivity contribution in [2.24, 2.45) is 0 Å². The third-order valence-electron chi connectivity index (χ3n) is 6.22. The number of hydrogen-bond donors (Lipinski definition) is 1. The molecule has 0 atom stereocenters. The van der Waals surface area contributed by atoms with Gasteiger partial charge in [-0.3, -0.25) is 14.9 Å². The van der Waals surface area contributed by atoms with Crippen LogP contribution in [0.15, 0.2) is 54.1 Å². The molecule has 1 N–H and O–H groups in total. The van der Waals surface area contributed by atoms with Gasteiger partial charge < -0.3 is 4.57 Å². The molecule has 1 aromatic heterocycles. The number of amides is 4. The molecule has 1 saturated heterocycles. The van der Waals surface area contributed by atoms with Gasteiger partial charge in [0.15, 0.2) is 0 Å². The van der Waals surface area contributed by atoms with E-state index in [2.05, 4.69) is 41.9 Å². The number of aromatic nitrogens is 1. The Balaban J connectivity index is 1.74. The lowest BCUT2D eigenvalue weighted by Crippen LogP contribution is -2.54. The van der Waals surface area contributed by atoms with Crippen molar-refractivity contribution in [1.82, 2.24) is 9.88 Å². The summed E-state index contributed by atoms with van der Waals surface area (Å²) in [4.78, 5) is 39.3. The molecule has 2 aromatic carbocycles. The lowest BCUT2D eigenvalue weighted by molar-refractivity contribution is -0.122. The third kappa shape index (κ3) is 4.00. The summed E-state index contributed by atoms with van der Waals surface area (Å²) in [6, 6.07) is 14.6. The van der Waals surface area contributed by atoms with Crippen LogP contribution in [-0.2, 0) is 16.0 Å². The number of nitrogens with zero attached hydrogens (tertiary/aromatic N) is 2. The van der Waals surface area contributed by atoms with Gasteiger partial charge in [-0.15, -0.1) is 0 Å². The molecule has 0 saturated carbocycles. The number of anilines is 1. The number of nitrogens with one attached hydrogen (secondary N) is 1. The van der Waals surface area contributed by atoms with Gasteiger partial charge >= 0.3 is 6.03 Å². The molecular weight excluding hydrogens is 414 g/mol. The van der Waals surface area contributed by atoms with Crippen molar-refractivity contribution in [1.29, 1.82) is 0 Å².